The van der Waals surface area contributed by atoms with E-state index in [4.69, 9.17) is 0 Å². The summed E-state index contributed by atoms with van der Waals surface area (Å²) in [4.78, 5) is 21.1. The quantitative estimate of drug-likeness (QED) is 0.776. The van der Waals surface area contributed by atoms with Crippen LogP contribution in [0.5, 0.6) is 0 Å². The van der Waals surface area contributed by atoms with Crippen molar-refractivity contribution in [1.82, 2.24) is 14.8 Å². The number of urea groups is 1. The van der Waals surface area contributed by atoms with Crippen molar-refractivity contribution in [2.24, 2.45) is 0 Å². The maximum absolute atomic E-state index is 12.5. The van der Waals surface area contributed by atoms with Gasteiger partial charge in [-0.15, -0.1) is 0 Å². The van der Waals surface area contributed by atoms with E-state index in [1.165, 1.54) is 56.4 Å². The minimum absolute atomic E-state index is 0.0119. The van der Waals surface area contributed by atoms with Crippen LogP contribution in [0.1, 0.15) is 55.6 Å². The molecule has 0 atom stereocenters. The van der Waals surface area contributed by atoms with Gasteiger partial charge in [-0.2, -0.15) is 0 Å². The van der Waals surface area contributed by atoms with Crippen LogP contribution in [-0.4, -0.2) is 53.5 Å². The average molecular weight is 393 g/mol. The molecule has 2 aliphatic rings. The molecule has 1 aromatic carbocycles. The zero-order valence-electron chi connectivity index (χ0n) is 17.4. The van der Waals surface area contributed by atoms with Crippen LogP contribution < -0.4 is 5.32 Å². The van der Waals surface area contributed by atoms with Crippen molar-refractivity contribution < 1.29 is 4.79 Å². The van der Waals surface area contributed by atoms with Gasteiger partial charge in [-0.1, -0.05) is 31.5 Å². The Kier molecular flexibility index (Phi) is 6.45. The molecule has 3 heterocycles. The third kappa shape index (κ3) is 4.96. The SMILES string of the molecule is CCCCN1CCC(c2ccc(NC(=O)N3CC(c4cccnc4)C3)cc2)CC1. The molecule has 2 amide bonds. The highest BCUT2D eigenvalue weighted by atomic mass is 16.2. The fourth-order valence-electron chi connectivity index (χ4n) is 4.39. The first-order chi connectivity index (χ1) is 14.2. The molecule has 29 heavy (non-hydrogen) atoms. The second-order valence-electron chi connectivity index (χ2n) is 8.41. The molecular formula is C24H32N4O. The summed E-state index contributed by atoms with van der Waals surface area (Å²) < 4.78 is 0. The van der Waals surface area contributed by atoms with Gasteiger partial charge in [-0.05, 0) is 74.1 Å². The van der Waals surface area contributed by atoms with Crippen molar-refractivity contribution in [3.8, 4) is 0 Å². The summed E-state index contributed by atoms with van der Waals surface area (Å²) in [6.07, 6.45) is 8.73. The van der Waals surface area contributed by atoms with Gasteiger partial charge in [0.25, 0.3) is 0 Å². The van der Waals surface area contributed by atoms with Gasteiger partial charge < -0.3 is 15.1 Å². The van der Waals surface area contributed by atoms with E-state index < -0.39 is 0 Å². The number of anilines is 1. The normalized spacial score (nSPS) is 18.4. The third-order valence-electron chi connectivity index (χ3n) is 6.37. The van der Waals surface area contributed by atoms with Crippen LogP contribution in [0.15, 0.2) is 48.8 Å². The topological polar surface area (TPSA) is 48.5 Å². The van der Waals surface area contributed by atoms with Crippen molar-refractivity contribution in [2.75, 3.05) is 38.0 Å². The maximum atomic E-state index is 12.5. The molecule has 1 aromatic heterocycles. The van der Waals surface area contributed by atoms with E-state index in [1.54, 1.807) is 6.20 Å². The van der Waals surface area contributed by atoms with Gasteiger partial charge in [0.15, 0.2) is 0 Å². The molecule has 0 radical (unpaired) electrons. The van der Waals surface area contributed by atoms with Crippen molar-refractivity contribution in [3.63, 3.8) is 0 Å². The molecule has 2 saturated heterocycles. The lowest BCUT2D eigenvalue weighted by Gasteiger charge is -2.39. The van der Waals surface area contributed by atoms with Crippen LogP contribution in [-0.2, 0) is 0 Å². The zero-order valence-corrected chi connectivity index (χ0v) is 17.4. The minimum atomic E-state index is -0.0119. The number of piperidine rings is 1. The van der Waals surface area contributed by atoms with Crippen molar-refractivity contribution in [1.29, 1.82) is 0 Å². The number of amides is 2. The van der Waals surface area contributed by atoms with Gasteiger partial charge in [0, 0.05) is 37.1 Å². The van der Waals surface area contributed by atoms with Crippen molar-refractivity contribution >= 4 is 11.7 Å². The number of pyridine rings is 1. The molecule has 0 spiro atoms. The summed E-state index contributed by atoms with van der Waals surface area (Å²) in [5.41, 5.74) is 3.49. The summed E-state index contributed by atoms with van der Waals surface area (Å²) in [7, 11) is 0. The third-order valence-corrected chi connectivity index (χ3v) is 6.37. The Morgan fingerprint density at radius 1 is 1.07 bits per heavy atom. The molecule has 0 aliphatic carbocycles. The molecule has 1 N–H and O–H groups in total. The van der Waals surface area contributed by atoms with E-state index in [2.05, 4.69) is 52.5 Å². The number of carbonyl (C=O) groups excluding carboxylic acids is 1. The lowest BCUT2D eigenvalue weighted by molar-refractivity contribution is 0.164. The Bertz CT molecular complexity index is 778. The summed E-state index contributed by atoms with van der Waals surface area (Å²) in [5, 5.41) is 3.04. The lowest BCUT2D eigenvalue weighted by Crippen LogP contribution is -2.50. The summed E-state index contributed by atoms with van der Waals surface area (Å²) in [6.45, 7) is 7.42. The number of nitrogens with zero attached hydrogens (tertiary/aromatic N) is 3. The molecule has 4 rings (SSSR count). The Morgan fingerprint density at radius 3 is 2.48 bits per heavy atom. The smallest absolute Gasteiger partial charge is 0.321 e. The van der Waals surface area contributed by atoms with Gasteiger partial charge in [-0.3, -0.25) is 4.98 Å². The Labute approximate surface area is 174 Å². The number of unbranched alkanes of at least 4 members (excludes halogenated alkanes) is 1. The minimum Gasteiger partial charge on any atom is -0.323 e. The van der Waals surface area contributed by atoms with Gasteiger partial charge in [-0.25, -0.2) is 4.79 Å². The summed E-state index contributed by atoms with van der Waals surface area (Å²) in [6, 6.07) is 12.5. The number of benzene rings is 1. The molecule has 2 fully saturated rings. The van der Waals surface area contributed by atoms with Crippen molar-refractivity contribution in [3.05, 3.63) is 59.9 Å². The van der Waals surface area contributed by atoms with Crippen LogP contribution in [0.25, 0.3) is 0 Å². The van der Waals surface area contributed by atoms with Gasteiger partial charge in [0.1, 0.15) is 0 Å². The van der Waals surface area contributed by atoms with Gasteiger partial charge in [0.2, 0.25) is 0 Å². The largest absolute Gasteiger partial charge is 0.323 e. The van der Waals surface area contributed by atoms with E-state index in [9.17, 15) is 4.79 Å². The van der Waals surface area contributed by atoms with E-state index >= 15 is 0 Å². The number of aromatic nitrogens is 1. The molecule has 5 nitrogen and oxygen atoms in total. The molecule has 154 valence electrons. The van der Waals surface area contributed by atoms with Gasteiger partial charge in [0.05, 0.1) is 0 Å². The number of likely N-dealkylation sites (tertiary alicyclic amines) is 2. The van der Waals surface area contributed by atoms with Crippen molar-refractivity contribution in [2.45, 2.75) is 44.4 Å². The predicted octanol–water partition coefficient (Wildman–Crippen LogP) is 4.69. The fraction of sp³-hybridized carbons (Fsp3) is 0.500. The molecule has 0 bridgehead atoms. The van der Waals surface area contributed by atoms with Crippen LogP contribution >= 0.6 is 0 Å². The molecule has 0 saturated carbocycles. The number of hydrogen-bond acceptors (Lipinski definition) is 3. The lowest BCUT2D eigenvalue weighted by atomic mass is 9.89. The Balaban J connectivity index is 1.23. The summed E-state index contributed by atoms with van der Waals surface area (Å²) >= 11 is 0. The number of hydrogen-bond donors (Lipinski definition) is 1. The Hall–Kier alpha value is -2.40. The summed E-state index contributed by atoms with van der Waals surface area (Å²) in [5.74, 6) is 1.05. The molecule has 5 heteroatoms. The highest BCUT2D eigenvalue weighted by molar-refractivity contribution is 5.90. The van der Waals surface area contributed by atoms with Crippen LogP contribution in [0.3, 0.4) is 0 Å². The molecular weight excluding hydrogens is 360 g/mol. The van der Waals surface area contributed by atoms with Crippen LogP contribution in [0.2, 0.25) is 0 Å². The second kappa shape index (κ2) is 9.40. The molecule has 2 aromatic rings. The van der Waals surface area contributed by atoms with E-state index in [0.717, 1.165) is 18.8 Å². The highest BCUT2D eigenvalue weighted by Crippen LogP contribution is 2.30. The first-order valence-corrected chi connectivity index (χ1v) is 11.0. The first kappa shape index (κ1) is 19.9. The monoisotopic (exact) mass is 392 g/mol. The van der Waals surface area contributed by atoms with E-state index in [-0.39, 0.29) is 6.03 Å². The number of carbonyl (C=O) groups is 1. The highest BCUT2D eigenvalue weighted by Gasteiger charge is 2.31. The zero-order chi connectivity index (χ0) is 20.1. The van der Waals surface area contributed by atoms with Crippen LogP contribution in [0, 0.1) is 0 Å². The molecule has 0 unspecified atom stereocenters. The predicted molar refractivity (Wildman–Crippen MR) is 117 cm³/mol. The molecule has 2 aliphatic heterocycles. The number of rotatable bonds is 6. The Morgan fingerprint density at radius 2 is 1.83 bits per heavy atom. The number of nitrogens with one attached hydrogen (secondary N) is 1. The van der Waals surface area contributed by atoms with E-state index in [1.807, 2.05) is 17.2 Å². The van der Waals surface area contributed by atoms with E-state index in [0.29, 0.717) is 11.8 Å². The van der Waals surface area contributed by atoms with Gasteiger partial charge >= 0.3 is 6.03 Å². The van der Waals surface area contributed by atoms with Crippen LogP contribution in [0.4, 0.5) is 10.5 Å². The first-order valence-electron chi connectivity index (χ1n) is 11.0. The average Bonchev–Trinajstić information content (AvgIpc) is 2.73. The fourth-order valence-corrected chi connectivity index (χ4v) is 4.39. The maximum Gasteiger partial charge on any atom is 0.321 e. The second-order valence-corrected chi connectivity index (χ2v) is 8.41. The standard InChI is InChI=1S/C24H32N4O/c1-2-3-13-27-14-10-20(11-15-27)19-6-8-23(9-7-19)26-24(29)28-17-22(18-28)21-5-4-12-25-16-21/h4-9,12,16,20,22H,2-3,10-11,13-15,17-18H2,1H3,(H,26,29).